The van der Waals surface area contributed by atoms with Gasteiger partial charge in [-0.05, 0) is 23.3 Å². The zero-order valence-corrected chi connectivity index (χ0v) is 14.3. The van der Waals surface area contributed by atoms with E-state index in [2.05, 4.69) is 5.32 Å². The summed E-state index contributed by atoms with van der Waals surface area (Å²) in [5, 5.41) is 2.61. The van der Waals surface area contributed by atoms with Crippen LogP contribution in [-0.2, 0) is 29.2 Å². The minimum atomic E-state index is -0.645. The first-order chi connectivity index (χ1) is 12.7. The van der Waals surface area contributed by atoms with Gasteiger partial charge in [0.05, 0.1) is 12.8 Å². The molecule has 0 radical (unpaired) electrons. The molecule has 0 aliphatic rings. The summed E-state index contributed by atoms with van der Waals surface area (Å²) in [5.41, 5.74) is 1.94. The van der Waals surface area contributed by atoms with Gasteiger partial charge in [0, 0.05) is 13.1 Å². The van der Waals surface area contributed by atoms with Crippen LogP contribution >= 0.6 is 0 Å². The standard InChI is InChI=1S/C21H20N2O3/c24-20(22-14-19-12-7-13-26-19)21(25)23(15-17-8-3-1-4-9-17)16-18-10-5-2-6-11-18/h1-13H,14-16H2,(H,22,24). The predicted octanol–water partition coefficient (Wildman–Crippen LogP) is 3.12. The van der Waals surface area contributed by atoms with Gasteiger partial charge in [0.2, 0.25) is 0 Å². The van der Waals surface area contributed by atoms with Crippen LogP contribution in [0.1, 0.15) is 16.9 Å². The van der Waals surface area contributed by atoms with Crippen LogP contribution < -0.4 is 5.32 Å². The molecule has 5 nitrogen and oxygen atoms in total. The van der Waals surface area contributed by atoms with E-state index < -0.39 is 11.8 Å². The van der Waals surface area contributed by atoms with Crippen molar-refractivity contribution in [1.29, 1.82) is 0 Å². The second kappa shape index (κ2) is 8.67. The molecule has 0 saturated heterocycles. The average Bonchev–Trinajstić information content (AvgIpc) is 3.20. The Kier molecular flexibility index (Phi) is 5.83. The topological polar surface area (TPSA) is 62.6 Å². The number of carbonyl (C=O) groups excluding carboxylic acids is 2. The number of nitrogens with zero attached hydrogens (tertiary/aromatic N) is 1. The molecule has 3 rings (SSSR count). The first-order valence-electron chi connectivity index (χ1n) is 8.40. The number of amides is 2. The maximum absolute atomic E-state index is 12.7. The molecule has 0 fully saturated rings. The van der Waals surface area contributed by atoms with Crippen molar-refractivity contribution in [3.05, 3.63) is 95.9 Å². The summed E-state index contributed by atoms with van der Waals surface area (Å²) in [7, 11) is 0. The molecule has 26 heavy (non-hydrogen) atoms. The minimum absolute atomic E-state index is 0.183. The zero-order chi connectivity index (χ0) is 18.2. The Balaban J connectivity index is 1.70. The molecule has 1 N–H and O–H groups in total. The highest BCUT2D eigenvalue weighted by atomic mass is 16.3. The van der Waals surface area contributed by atoms with Crippen LogP contribution in [0.25, 0.3) is 0 Å². The van der Waals surface area contributed by atoms with Crippen LogP contribution in [0, 0.1) is 0 Å². The third-order valence-corrected chi connectivity index (χ3v) is 3.92. The SMILES string of the molecule is O=C(NCc1ccco1)C(=O)N(Cc1ccccc1)Cc1ccccc1. The van der Waals surface area contributed by atoms with Crippen LogP contribution in [0.4, 0.5) is 0 Å². The van der Waals surface area contributed by atoms with Crippen LogP contribution in [-0.4, -0.2) is 16.7 Å². The van der Waals surface area contributed by atoms with E-state index >= 15 is 0 Å². The van der Waals surface area contributed by atoms with Crippen LogP contribution in [0.5, 0.6) is 0 Å². The molecule has 0 aliphatic carbocycles. The van der Waals surface area contributed by atoms with Gasteiger partial charge in [-0.1, -0.05) is 60.7 Å². The van der Waals surface area contributed by atoms with Crippen molar-refractivity contribution in [2.75, 3.05) is 0 Å². The van der Waals surface area contributed by atoms with Crippen LogP contribution in [0.15, 0.2) is 83.5 Å². The molecule has 1 aromatic heterocycles. The van der Waals surface area contributed by atoms with Gasteiger partial charge >= 0.3 is 11.8 Å². The molecular formula is C21H20N2O3. The largest absolute Gasteiger partial charge is 0.467 e. The summed E-state index contributed by atoms with van der Waals surface area (Å²) < 4.78 is 5.18. The van der Waals surface area contributed by atoms with Crippen molar-refractivity contribution in [1.82, 2.24) is 10.2 Å². The van der Waals surface area contributed by atoms with Gasteiger partial charge in [-0.2, -0.15) is 0 Å². The number of hydrogen-bond acceptors (Lipinski definition) is 3. The Bertz CT molecular complexity index is 789. The fraction of sp³-hybridized carbons (Fsp3) is 0.143. The normalized spacial score (nSPS) is 10.3. The second-order valence-corrected chi connectivity index (χ2v) is 5.89. The van der Waals surface area contributed by atoms with Gasteiger partial charge < -0.3 is 14.6 Å². The van der Waals surface area contributed by atoms with Crippen molar-refractivity contribution in [2.45, 2.75) is 19.6 Å². The highest BCUT2D eigenvalue weighted by molar-refractivity contribution is 6.34. The highest BCUT2D eigenvalue weighted by Crippen LogP contribution is 2.11. The number of furan rings is 1. The maximum Gasteiger partial charge on any atom is 0.312 e. The Labute approximate surface area is 152 Å². The molecule has 1 heterocycles. The van der Waals surface area contributed by atoms with Crippen molar-refractivity contribution in [3.63, 3.8) is 0 Å². The maximum atomic E-state index is 12.7. The number of nitrogens with one attached hydrogen (secondary N) is 1. The average molecular weight is 348 g/mol. The molecule has 132 valence electrons. The zero-order valence-electron chi connectivity index (χ0n) is 14.3. The number of carbonyl (C=O) groups is 2. The summed E-state index contributed by atoms with van der Waals surface area (Å²) in [6.45, 7) is 0.910. The van der Waals surface area contributed by atoms with Gasteiger partial charge in [0.1, 0.15) is 5.76 Å². The second-order valence-electron chi connectivity index (χ2n) is 5.89. The molecule has 3 aromatic rings. The molecule has 2 aromatic carbocycles. The fourth-order valence-corrected chi connectivity index (χ4v) is 2.61. The van der Waals surface area contributed by atoms with Crippen molar-refractivity contribution >= 4 is 11.8 Å². The summed E-state index contributed by atoms with van der Waals surface area (Å²) in [6, 6.07) is 22.7. The quantitative estimate of drug-likeness (QED) is 0.696. The molecule has 0 saturated carbocycles. The Morgan fingerprint density at radius 2 is 1.38 bits per heavy atom. The summed E-state index contributed by atoms with van der Waals surface area (Å²) >= 11 is 0. The van der Waals surface area contributed by atoms with Crippen molar-refractivity contribution in [3.8, 4) is 0 Å². The smallest absolute Gasteiger partial charge is 0.312 e. The molecule has 0 aliphatic heterocycles. The summed E-state index contributed by atoms with van der Waals surface area (Å²) in [4.78, 5) is 26.6. The molecule has 2 amide bonds. The van der Waals surface area contributed by atoms with E-state index in [1.807, 2.05) is 60.7 Å². The third-order valence-electron chi connectivity index (χ3n) is 3.92. The minimum Gasteiger partial charge on any atom is -0.467 e. The predicted molar refractivity (Wildman–Crippen MR) is 97.7 cm³/mol. The monoisotopic (exact) mass is 348 g/mol. The molecule has 0 spiro atoms. The number of rotatable bonds is 6. The number of benzene rings is 2. The first kappa shape index (κ1) is 17.5. The van der Waals surface area contributed by atoms with Gasteiger partial charge in [-0.3, -0.25) is 9.59 Å². The molecule has 0 atom stereocenters. The van der Waals surface area contributed by atoms with Gasteiger partial charge in [-0.15, -0.1) is 0 Å². The van der Waals surface area contributed by atoms with E-state index in [4.69, 9.17) is 4.42 Å². The van der Waals surface area contributed by atoms with E-state index in [-0.39, 0.29) is 6.54 Å². The first-order valence-corrected chi connectivity index (χ1v) is 8.40. The van der Waals surface area contributed by atoms with E-state index in [1.165, 1.54) is 6.26 Å². The summed E-state index contributed by atoms with van der Waals surface area (Å²) in [6.07, 6.45) is 1.53. The molecule has 0 unspecified atom stereocenters. The molecule has 5 heteroatoms. The molecule has 0 bridgehead atoms. The van der Waals surface area contributed by atoms with Gasteiger partial charge in [0.25, 0.3) is 0 Å². The van der Waals surface area contributed by atoms with Crippen molar-refractivity contribution < 1.29 is 14.0 Å². The lowest BCUT2D eigenvalue weighted by Gasteiger charge is -2.22. The van der Waals surface area contributed by atoms with Crippen LogP contribution in [0.2, 0.25) is 0 Å². The van der Waals surface area contributed by atoms with E-state index in [0.717, 1.165) is 11.1 Å². The van der Waals surface area contributed by atoms with Gasteiger partial charge in [0.15, 0.2) is 0 Å². The lowest BCUT2D eigenvalue weighted by Crippen LogP contribution is -2.42. The Hall–Kier alpha value is -3.34. The van der Waals surface area contributed by atoms with E-state index in [9.17, 15) is 9.59 Å². The summed E-state index contributed by atoms with van der Waals surface area (Å²) in [5.74, 6) is -0.610. The third kappa shape index (κ3) is 4.83. The fourth-order valence-electron chi connectivity index (χ4n) is 2.61. The Morgan fingerprint density at radius 3 is 1.88 bits per heavy atom. The lowest BCUT2D eigenvalue weighted by molar-refractivity contribution is -0.146. The van der Waals surface area contributed by atoms with Crippen LogP contribution in [0.3, 0.4) is 0 Å². The van der Waals surface area contributed by atoms with Crippen molar-refractivity contribution in [2.24, 2.45) is 0 Å². The lowest BCUT2D eigenvalue weighted by atomic mass is 10.1. The number of hydrogen-bond donors (Lipinski definition) is 1. The highest BCUT2D eigenvalue weighted by Gasteiger charge is 2.22. The van der Waals surface area contributed by atoms with Gasteiger partial charge in [-0.25, -0.2) is 0 Å². The molecular weight excluding hydrogens is 328 g/mol. The van der Waals surface area contributed by atoms with E-state index in [0.29, 0.717) is 18.8 Å². The Morgan fingerprint density at radius 1 is 0.808 bits per heavy atom. The van der Waals surface area contributed by atoms with E-state index in [1.54, 1.807) is 17.0 Å².